The molecule has 0 fully saturated rings. The van der Waals surface area contributed by atoms with Gasteiger partial charge in [0.05, 0.1) is 16.3 Å². The van der Waals surface area contributed by atoms with Crippen LogP contribution in [0.1, 0.15) is 5.56 Å². The van der Waals surface area contributed by atoms with Crippen molar-refractivity contribution in [3.05, 3.63) is 58.1 Å². The second-order valence-electron chi connectivity index (χ2n) is 4.61. The highest BCUT2D eigenvalue weighted by Crippen LogP contribution is 2.30. The fraction of sp³-hybridized carbons (Fsp3) is 0.0667. The summed E-state index contributed by atoms with van der Waals surface area (Å²) in [5, 5.41) is 4.92. The largest absolute Gasteiger partial charge is 0.416 e. The summed E-state index contributed by atoms with van der Waals surface area (Å²) in [4.78, 5) is 23.6. The van der Waals surface area contributed by atoms with Crippen LogP contribution >= 0.6 is 23.2 Å². The molecular formula is C15H9Cl2F3N2O2. The van der Waals surface area contributed by atoms with Gasteiger partial charge in [0.2, 0.25) is 0 Å². The highest BCUT2D eigenvalue weighted by molar-refractivity contribution is 6.45. The summed E-state index contributed by atoms with van der Waals surface area (Å²) >= 11 is 11.6. The average Bonchev–Trinajstić information content (AvgIpc) is 2.50. The minimum atomic E-state index is -4.48. The maximum absolute atomic E-state index is 12.4. The van der Waals surface area contributed by atoms with Crippen molar-refractivity contribution in [2.75, 3.05) is 10.6 Å². The maximum Gasteiger partial charge on any atom is 0.416 e. The summed E-state index contributed by atoms with van der Waals surface area (Å²) < 4.78 is 37.3. The topological polar surface area (TPSA) is 58.2 Å². The molecule has 2 rings (SSSR count). The highest BCUT2D eigenvalue weighted by atomic mass is 35.5. The Morgan fingerprint density at radius 3 is 2.04 bits per heavy atom. The van der Waals surface area contributed by atoms with E-state index < -0.39 is 23.6 Å². The van der Waals surface area contributed by atoms with Crippen molar-refractivity contribution >= 4 is 46.4 Å². The molecule has 2 aromatic carbocycles. The normalized spacial score (nSPS) is 11.0. The molecule has 0 aromatic heterocycles. The molecule has 0 bridgehead atoms. The standard InChI is InChI=1S/C15H9Cl2F3N2O2/c16-9-3-6-11(17)12(7-9)22-14(24)13(23)21-10-4-1-8(2-5-10)15(18,19)20/h1-7H,(H,21,23)(H,22,24). The number of carbonyl (C=O) groups excluding carboxylic acids is 2. The van der Waals surface area contributed by atoms with Gasteiger partial charge in [0, 0.05) is 10.7 Å². The molecule has 0 saturated heterocycles. The summed E-state index contributed by atoms with van der Waals surface area (Å²) in [7, 11) is 0. The zero-order valence-electron chi connectivity index (χ0n) is 11.7. The molecule has 2 N–H and O–H groups in total. The molecule has 0 spiro atoms. The maximum atomic E-state index is 12.4. The Morgan fingerprint density at radius 1 is 0.875 bits per heavy atom. The number of hydrogen-bond acceptors (Lipinski definition) is 2. The van der Waals surface area contributed by atoms with E-state index in [1.807, 2.05) is 0 Å². The zero-order valence-corrected chi connectivity index (χ0v) is 13.3. The molecule has 4 nitrogen and oxygen atoms in total. The number of anilines is 2. The fourth-order valence-electron chi connectivity index (χ4n) is 1.70. The third kappa shape index (κ3) is 4.62. The van der Waals surface area contributed by atoms with Gasteiger partial charge in [-0.2, -0.15) is 13.2 Å². The first kappa shape index (κ1) is 18.1. The molecule has 0 radical (unpaired) electrons. The molecule has 0 heterocycles. The summed E-state index contributed by atoms with van der Waals surface area (Å²) in [5.74, 6) is -2.11. The van der Waals surface area contributed by atoms with Crippen LogP contribution in [-0.4, -0.2) is 11.8 Å². The molecule has 2 amide bonds. The SMILES string of the molecule is O=C(Nc1ccc(C(F)(F)F)cc1)C(=O)Nc1cc(Cl)ccc1Cl. The molecule has 0 aliphatic carbocycles. The predicted molar refractivity (Wildman–Crippen MR) is 85.2 cm³/mol. The van der Waals surface area contributed by atoms with Crippen LogP contribution in [-0.2, 0) is 15.8 Å². The van der Waals surface area contributed by atoms with Crippen LogP contribution in [0.5, 0.6) is 0 Å². The first-order chi connectivity index (χ1) is 11.2. The Balaban J connectivity index is 2.04. The summed E-state index contributed by atoms with van der Waals surface area (Å²) in [6, 6.07) is 7.96. The molecule has 9 heteroatoms. The lowest BCUT2D eigenvalue weighted by Gasteiger charge is -2.10. The lowest BCUT2D eigenvalue weighted by atomic mass is 10.2. The minimum absolute atomic E-state index is 0.0420. The number of nitrogens with one attached hydrogen (secondary N) is 2. The average molecular weight is 377 g/mol. The van der Waals surface area contributed by atoms with Crippen LogP contribution in [0.3, 0.4) is 0 Å². The van der Waals surface area contributed by atoms with E-state index in [0.29, 0.717) is 5.02 Å². The molecule has 24 heavy (non-hydrogen) atoms. The Morgan fingerprint density at radius 2 is 1.46 bits per heavy atom. The minimum Gasteiger partial charge on any atom is -0.318 e. The zero-order chi connectivity index (χ0) is 17.9. The predicted octanol–water partition coefficient (Wildman–Crippen LogP) is 4.59. The van der Waals surface area contributed by atoms with E-state index in [0.717, 1.165) is 24.3 Å². The van der Waals surface area contributed by atoms with E-state index in [1.165, 1.54) is 18.2 Å². The second-order valence-corrected chi connectivity index (χ2v) is 5.45. The number of halogens is 5. The number of alkyl halides is 3. The Hall–Kier alpha value is -2.25. The summed E-state index contributed by atoms with van der Waals surface area (Å²) in [5.41, 5.74) is -0.687. The van der Waals surface area contributed by atoms with Gasteiger partial charge in [-0.3, -0.25) is 9.59 Å². The Kier molecular flexibility index (Phi) is 5.36. The van der Waals surface area contributed by atoms with Gasteiger partial charge in [0.1, 0.15) is 0 Å². The van der Waals surface area contributed by atoms with Crippen LogP contribution in [0.4, 0.5) is 24.5 Å². The number of hydrogen-bond donors (Lipinski definition) is 2. The molecule has 0 atom stereocenters. The van der Waals surface area contributed by atoms with Crippen LogP contribution in [0.25, 0.3) is 0 Å². The Bertz CT molecular complexity index is 777. The van der Waals surface area contributed by atoms with Crippen molar-refractivity contribution in [1.29, 1.82) is 0 Å². The van der Waals surface area contributed by atoms with Gasteiger partial charge in [-0.05, 0) is 42.5 Å². The van der Waals surface area contributed by atoms with Crippen LogP contribution in [0.2, 0.25) is 10.0 Å². The lowest BCUT2D eigenvalue weighted by Crippen LogP contribution is -2.29. The van der Waals surface area contributed by atoms with E-state index >= 15 is 0 Å². The highest BCUT2D eigenvalue weighted by Gasteiger charge is 2.30. The van der Waals surface area contributed by atoms with Gasteiger partial charge in [-0.1, -0.05) is 23.2 Å². The third-order valence-corrected chi connectivity index (χ3v) is 3.42. The molecular weight excluding hydrogens is 368 g/mol. The first-order valence-electron chi connectivity index (χ1n) is 6.41. The monoisotopic (exact) mass is 376 g/mol. The quantitative estimate of drug-likeness (QED) is 0.753. The van der Waals surface area contributed by atoms with Gasteiger partial charge in [0.15, 0.2) is 0 Å². The van der Waals surface area contributed by atoms with Gasteiger partial charge in [0.25, 0.3) is 0 Å². The number of amides is 2. The smallest absolute Gasteiger partial charge is 0.318 e. The Labute approximate surface area is 144 Å². The molecule has 0 unspecified atom stereocenters. The summed E-state index contributed by atoms with van der Waals surface area (Å²) in [6.45, 7) is 0. The van der Waals surface area contributed by atoms with Crippen molar-refractivity contribution < 1.29 is 22.8 Å². The van der Waals surface area contributed by atoms with Crippen molar-refractivity contribution in [2.24, 2.45) is 0 Å². The van der Waals surface area contributed by atoms with Crippen LogP contribution < -0.4 is 10.6 Å². The van der Waals surface area contributed by atoms with Crippen molar-refractivity contribution in [2.45, 2.75) is 6.18 Å². The van der Waals surface area contributed by atoms with E-state index in [4.69, 9.17) is 23.2 Å². The van der Waals surface area contributed by atoms with Crippen LogP contribution in [0.15, 0.2) is 42.5 Å². The van der Waals surface area contributed by atoms with E-state index in [2.05, 4.69) is 10.6 Å². The van der Waals surface area contributed by atoms with Gasteiger partial charge in [-0.15, -0.1) is 0 Å². The van der Waals surface area contributed by atoms with Crippen molar-refractivity contribution in [3.8, 4) is 0 Å². The first-order valence-corrected chi connectivity index (χ1v) is 7.17. The third-order valence-electron chi connectivity index (χ3n) is 2.85. The number of benzene rings is 2. The number of rotatable bonds is 2. The van der Waals surface area contributed by atoms with E-state index in [-0.39, 0.29) is 16.4 Å². The van der Waals surface area contributed by atoms with Crippen LogP contribution in [0, 0.1) is 0 Å². The van der Waals surface area contributed by atoms with E-state index in [9.17, 15) is 22.8 Å². The molecule has 2 aromatic rings. The van der Waals surface area contributed by atoms with Gasteiger partial charge >= 0.3 is 18.0 Å². The van der Waals surface area contributed by atoms with Gasteiger partial charge < -0.3 is 10.6 Å². The molecule has 0 aliphatic heterocycles. The van der Waals surface area contributed by atoms with Crippen molar-refractivity contribution in [1.82, 2.24) is 0 Å². The molecule has 126 valence electrons. The lowest BCUT2D eigenvalue weighted by molar-refractivity contribution is -0.137. The summed E-state index contributed by atoms with van der Waals surface area (Å²) in [6.07, 6.45) is -4.48. The van der Waals surface area contributed by atoms with Crippen molar-refractivity contribution in [3.63, 3.8) is 0 Å². The fourth-order valence-corrected chi connectivity index (χ4v) is 2.04. The number of carbonyl (C=O) groups is 2. The van der Waals surface area contributed by atoms with Gasteiger partial charge in [-0.25, -0.2) is 0 Å². The molecule has 0 saturated carbocycles. The molecule has 0 aliphatic rings. The van der Waals surface area contributed by atoms with E-state index in [1.54, 1.807) is 0 Å². The second kappa shape index (κ2) is 7.11.